The lowest BCUT2D eigenvalue weighted by Gasteiger charge is -2.29. The number of aliphatic hydroxyl groups is 1. The van der Waals surface area contributed by atoms with E-state index in [0.29, 0.717) is 6.04 Å². The Balaban J connectivity index is 1.82. The van der Waals surface area contributed by atoms with E-state index in [-0.39, 0.29) is 0 Å². The van der Waals surface area contributed by atoms with Crippen LogP contribution in [0.4, 0.5) is 0 Å². The van der Waals surface area contributed by atoms with Gasteiger partial charge in [-0.25, -0.2) is 0 Å². The summed E-state index contributed by atoms with van der Waals surface area (Å²) < 4.78 is 11.0. The molecule has 0 amide bonds. The Morgan fingerprint density at radius 2 is 2.05 bits per heavy atom. The summed E-state index contributed by atoms with van der Waals surface area (Å²) in [7, 11) is 3.39. The fourth-order valence-electron chi connectivity index (χ4n) is 3.66. The highest BCUT2D eigenvalue weighted by molar-refractivity contribution is 5.49. The molecule has 21 heavy (non-hydrogen) atoms. The maximum atomic E-state index is 10.4. The fraction of sp³-hybridized carbons (Fsp3) is 0.647. The van der Waals surface area contributed by atoms with Crippen molar-refractivity contribution in [3.63, 3.8) is 0 Å². The molecule has 1 atom stereocenters. The Bertz CT molecular complexity index is 525. The number of benzene rings is 1. The van der Waals surface area contributed by atoms with E-state index in [0.717, 1.165) is 49.4 Å². The standard InChI is InChI=1S/C17H25NO3/c1-12-14(20-2)7-6-13(16(12)21-3)11-18-10-4-5-15(18)17(19)8-9-17/h6-7,15,19H,4-5,8-11H2,1-3H3. The van der Waals surface area contributed by atoms with Crippen LogP contribution in [0.5, 0.6) is 11.5 Å². The average Bonchev–Trinajstić information content (AvgIpc) is 3.04. The van der Waals surface area contributed by atoms with Gasteiger partial charge >= 0.3 is 0 Å². The summed E-state index contributed by atoms with van der Waals surface area (Å²) in [5.74, 6) is 1.76. The molecular formula is C17H25NO3. The van der Waals surface area contributed by atoms with Crippen LogP contribution >= 0.6 is 0 Å². The monoisotopic (exact) mass is 291 g/mol. The third kappa shape index (κ3) is 2.62. The second-order valence-corrected chi connectivity index (χ2v) is 6.32. The van der Waals surface area contributed by atoms with Crippen LogP contribution in [0.2, 0.25) is 0 Å². The van der Waals surface area contributed by atoms with Gasteiger partial charge in [0.25, 0.3) is 0 Å². The highest BCUT2D eigenvalue weighted by Crippen LogP contribution is 2.45. The molecule has 0 radical (unpaired) electrons. The van der Waals surface area contributed by atoms with Gasteiger partial charge in [0.05, 0.1) is 19.8 Å². The lowest BCUT2D eigenvalue weighted by molar-refractivity contribution is 0.0478. The smallest absolute Gasteiger partial charge is 0.129 e. The molecule has 3 rings (SSSR count). The van der Waals surface area contributed by atoms with Crippen molar-refractivity contribution >= 4 is 0 Å². The van der Waals surface area contributed by atoms with E-state index in [1.807, 2.05) is 13.0 Å². The fourth-order valence-corrected chi connectivity index (χ4v) is 3.66. The van der Waals surface area contributed by atoms with Crippen molar-refractivity contribution in [2.24, 2.45) is 0 Å². The first-order valence-corrected chi connectivity index (χ1v) is 7.76. The first kappa shape index (κ1) is 14.7. The molecule has 1 unspecified atom stereocenters. The van der Waals surface area contributed by atoms with Crippen molar-refractivity contribution in [2.45, 2.75) is 50.8 Å². The Morgan fingerprint density at radius 1 is 1.29 bits per heavy atom. The van der Waals surface area contributed by atoms with Crippen molar-refractivity contribution in [3.05, 3.63) is 23.3 Å². The van der Waals surface area contributed by atoms with Crippen molar-refractivity contribution in [1.29, 1.82) is 0 Å². The molecule has 1 aromatic rings. The third-order valence-corrected chi connectivity index (χ3v) is 4.98. The van der Waals surface area contributed by atoms with Crippen molar-refractivity contribution < 1.29 is 14.6 Å². The summed E-state index contributed by atoms with van der Waals surface area (Å²) in [6.07, 6.45) is 4.18. The minimum atomic E-state index is -0.425. The molecule has 0 bridgehead atoms. The highest BCUT2D eigenvalue weighted by Gasteiger charge is 2.51. The highest BCUT2D eigenvalue weighted by atomic mass is 16.5. The minimum absolute atomic E-state index is 0.310. The maximum absolute atomic E-state index is 10.4. The molecule has 1 saturated heterocycles. The Morgan fingerprint density at radius 3 is 2.67 bits per heavy atom. The number of hydrogen-bond donors (Lipinski definition) is 1. The van der Waals surface area contributed by atoms with E-state index in [4.69, 9.17) is 9.47 Å². The first-order chi connectivity index (χ1) is 10.1. The summed E-state index contributed by atoms with van der Waals surface area (Å²) in [6, 6.07) is 4.39. The summed E-state index contributed by atoms with van der Waals surface area (Å²) in [6.45, 7) is 3.92. The second kappa shape index (κ2) is 5.50. The van der Waals surface area contributed by atoms with Gasteiger partial charge in [0, 0.05) is 23.7 Å². The molecule has 0 aromatic heterocycles. The van der Waals surface area contributed by atoms with Gasteiger partial charge in [0.2, 0.25) is 0 Å². The molecule has 2 aliphatic rings. The maximum Gasteiger partial charge on any atom is 0.129 e. The number of ether oxygens (including phenoxy) is 2. The van der Waals surface area contributed by atoms with Crippen LogP contribution < -0.4 is 9.47 Å². The molecule has 1 aliphatic heterocycles. The van der Waals surface area contributed by atoms with Crippen LogP contribution in [0.3, 0.4) is 0 Å². The van der Waals surface area contributed by atoms with E-state index in [1.165, 1.54) is 12.0 Å². The van der Waals surface area contributed by atoms with Gasteiger partial charge in [-0.15, -0.1) is 0 Å². The van der Waals surface area contributed by atoms with Crippen LogP contribution in [-0.4, -0.2) is 42.4 Å². The SMILES string of the molecule is COc1ccc(CN2CCCC2C2(O)CC2)c(OC)c1C. The average molecular weight is 291 g/mol. The van der Waals surface area contributed by atoms with Gasteiger partial charge in [-0.2, -0.15) is 0 Å². The van der Waals surface area contributed by atoms with Gasteiger partial charge in [-0.05, 0) is 45.2 Å². The van der Waals surface area contributed by atoms with Crippen LogP contribution in [-0.2, 0) is 6.54 Å². The van der Waals surface area contributed by atoms with E-state index in [2.05, 4.69) is 11.0 Å². The molecule has 4 nitrogen and oxygen atoms in total. The Kier molecular flexibility index (Phi) is 3.84. The Hall–Kier alpha value is -1.26. The molecule has 1 N–H and O–H groups in total. The quantitative estimate of drug-likeness (QED) is 0.905. The molecule has 1 aliphatic carbocycles. The number of nitrogens with zero attached hydrogens (tertiary/aromatic N) is 1. The third-order valence-electron chi connectivity index (χ3n) is 4.98. The second-order valence-electron chi connectivity index (χ2n) is 6.32. The molecule has 0 spiro atoms. The van der Waals surface area contributed by atoms with Crippen molar-refractivity contribution in [1.82, 2.24) is 4.90 Å². The summed E-state index contributed by atoms with van der Waals surface area (Å²) in [5, 5.41) is 10.4. The van der Waals surface area contributed by atoms with E-state index in [9.17, 15) is 5.11 Å². The molecule has 1 aromatic carbocycles. The van der Waals surface area contributed by atoms with Gasteiger partial charge < -0.3 is 14.6 Å². The Labute approximate surface area is 126 Å². The zero-order valence-electron chi connectivity index (χ0n) is 13.2. The van der Waals surface area contributed by atoms with E-state index >= 15 is 0 Å². The molecule has 1 saturated carbocycles. The van der Waals surface area contributed by atoms with Crippen LogP contribution in [0.1, 0.15) is 36.8 Å². The van der Waals surface area contributed by atoms with Crippen LogP contribution in [0.25, 0.3) is 0 Å². The molecular weight excluding hydrogens is 266 g/mol. The van der Waals surface area contributed by atoms with E-state index < -0.39 is 5.60 Å². The summed E-state index contributed by atoms with van der Waals surface area (Å²) >= 11 is 0. The number of rotatable bonds is 5. The zero-order valence-corrected chi connectivity index (χ0v) is 13.2. The number of methoxy groups -OCH3 is 2. The molecule has 116 valence electrons. The van der Waals surface area contributed by atoms with Crippen LogP contribution in [0.15, 0.2) is 12.1 Å². The predicted octanol–water partition coefficient (Wildman–Crippen LogP) is 2.50. The zero-order chi connectivity index (χ0) is 15.0. The number of likely N-dealkylation sites (tertiary alicyclic amines) is 1. The summed E-state index contributed by atoms with van der Waals surface area (Å²) in [5.41, 5.74) is 1.79. The van der Waals surface area contributed by atoms with Crippen molar-refractivity contribution in [2.75, 3.05) is 20.8 Å². The molecule has 4 heteroatoms. The minimum Gasteiger partial charge on any atom is -0.496 e. The first-order valence-electron chi connectivity index (χ1n) is 7.76. The van der Waals surface area contributed by atoms with Gasteiger partial charge in [0.1, 0.15) is 11.5 Å². The topological polar surface area (TPSA) is 41.9 Å². The van der Waals surface area contributed by atoms with Crippen LogP contribution in [0, 0.1) is 6.92 Å². The normalized spacial score (nSPS) is 24.1. The number of hydrogen-bond acceptors (Lipinski definition) is 4. The van der Waals surface area contributed by atoms with Gasteiger partial charge in [0.15, 0.2) is 0 Å². The largest absolute Gasteiger partial charge is 0.496 e. The lowest BCUT2D eigenvalue weighted by Crippen LogP contribution is -2.40. The molecule has 2 fully saturated rings. The lowest BCUT2D eigenvalue weighted by atomic mass is 10.0. The van der Waals surface area contributed by atoms with E-state index in [1.54, 1.807) is 14.2 Å². The van der Waals surface area contributed by atoms with Gasteiger partial charge in [-0.3, -0.25) is 4.90 Å². The summed E-state index contributed by atoms with van der Waals surface area (Å²) in [4.78, 5) is 2.41. The molecule has 1 heterocycles. The van der Waals surface area contributed by atoms with Gasteiger partial charge in [-0.1, -0.05) is 6.07 Å². The predicted molar refractivity (Wildman–Crippen MR) is 81.9 cm³/mol. The van der Waals surface area contributed by atoms with Crippen molar-refractivity contribution in [3.8, 4) is 11.5 Å².